The van der Waals surface area contributed by atoms with Crippen molar-refractivity contribution in [3.8, 4) is 0 Å². The summed E-state index contributed by atoms with van der Waals surface area (Å²) in [6.07, 6.45) is 5.18. The first kappa shape index (κ1) is 12.2. The Hall–Kier alpha value is -0.870. The van der Waals surface area contributed by atoms with Crippen molar-refractivity contribution in [2.75, 3.05) is 19.7 Å². The largest absolute Gasteiger partial charge is 0.376 e. The van der Waals surface area contributed by atoms with Gasteiger partial charge in [-0.05, 0) is 32.6 Å². The molecule has 1 atom stereocenters. The van der Waals surface area contributed by atoms with Crippen LogP contribution < -0.4 is 0 Å². The number of nitrogens with zero attached hydrogens (tertiary/aromatic N) is 2. The van der Waals surface area contributed by atoms with E-state index in [0.29, 0.717) is 0 Å². The molecule has 2 aliphatic heterocycles. The molecule has 0 spiro atoms. The van der Waals surface area contributed by atoms with Crippen LogP contribution >= 0.6 is 0 Å². The summed E-state index contributed by atoms with van der Waals surface area (Å²) in [6, 6.07) is 0. The van der Waals surface area contributed by atoms with Crippen LogP contribution in [-0.4, -0.2) is 35.4 Å². The third kappa shape index (κ3) is 2.59. The second kappa shape index (κ2) is 4.67. The van der Waals surface area contributed by atoms with Gasteiger partial charge in [0, 0.05) is 38.2 Å². The fraction of sp³-hybridized carbons (Fsp3) is 0.786. The molecular weight excluding hydrogens is 228 g/mol. The van der Waals surface area contributed by atoms with Crippen molar-refractivity contribution in [1.82, 2.24) is 10.1 Å². The van der Waals surface area contributed by atoms with E-state index in [1.807, 2.05) is 0 Å². The Morgan fingerprint density at radius 3 is 3.22 bits per heavy atom. The summed E-state index contributed by atoms with van der Waals surface area (Å²) in [5.41, 5.74) is 2.48. The highest BCUT2D eigenvalue weighted by molar-refractivity contribution is 5.17. The lowest BCUT2D eigenvalue weighted by Crippen LogP contribution is -2.41. The molecule has 1 fully saturated rings. The number of hydrogen-bond acceptors (Lipinski definition) is 4. The van der Waals surface area contributed by atoms with Gasteiger partial charge in [0.1, 0.15) is 6.26 Å². The van der Waals surface area contributed by atoms with E-state index in [-0.39, 0.29) is 5.60 Å². The smallest absolute Gasteiger partial charge is 0.128 e. The Morgan fingerprint density at radius 1 is 1.50 bits per heavy atom. The molecule has 1 saturated heterocycles. The van der Waals surface area contributed by atoms with Gasteiger partial charge in [0.15, 0.2) is 0 Å². The molecule has 0 aliphatic carbocycles. The van der Waals surface area contributed by atoms with E-state index in [4.69, 9.17) is 9.26 Å². The van der Waals surface area contributed by atoms with Crippen molar-refractivity contribution in [3.05, 3.63) is 17.5 Å². The average molecular weight is 250 g/mol. The molecule has 2 aliphatic rings. The lowest BCUT2D eigenvalue weighted by molar-refractivity contribution is -0.0773. The topological polar surface area (TPSA) is 38.5 Å². The normalized spacial score (nSPS) is 28.0. The third-order valence-electron chi connectivity index (χ3n) is 4.10. The average Bonchev–Trinajstić information content (AvgIpc) is 2.74. The summed E-state index contributed by atoms with van der Waals surface area (Å²) in [5.74, 6) is 0.759. The van der Waals surface area contributed by atoms with Crippen molar-refractivity contribution in [1.29, 1.82) is 0 Å². The van der Waals surface area contributed by atoms with Crippen molar-refractivity contribution < 1.29 is 9.26 Å². The minimum absolute atomic E-state index is 0.0566. The molecule has 0 aromatic carbocycles. The van der Waals surface area contributed by atoms with Crippen molar-refractivity contribution in [2.45, 2.75) is 45.3 Å². The van der Waals surface area contributed by atoms with Crippen molar-refractivity contribution in [2.24, 2.45) is 5.92 Å². The minimum atomic E-state index is 0.0566. The van der Waals surface area contributed by atoms with Crippen LogP contribution in [0.25, 0.3) is 0 Å². The van der Waals surface area contributed by atoms with Crippen molar-refractivity contribution in [3.63, 3.8) is 0 Å². The molecule has 18 heavy (non-hydrogen) atoms. The Bertz CT molecular complexity index is 414. The first-order valence-electron chi connectivity index (χ1n) is 6.91. The van der Waals surface area contributed by atoms with Gasteiger partial charge < -0.3 is 9.26 Å². The molecular formula is C14H22N2O2. The highest BCUT2D eigenvalue weighted by Crippen LogP contribution is 2.30. The summed E-state index contributed by atoms with van der Waals surface area (Å²) in [6.45, 7) is 8.59. The number of ether oxygens (including phenoxy) is 1. The maximum absolute atomic E-state index is 5.79. The van der Waals surface area contributed by atoms with E-state index in [1.165, 1.54) is 24.9 Å². The SMILES string of the molecule is CC1(C)CC(CN2CCc3nocc3C2)CCO1. The number of aromatic nitrogens is 1. The second-order valence-electron chi connectivity index (χ2n) is 6.24. The van der Waals surface area contributed by atoms with Gasteiger partial charge in [0.25, 0.3) is 0 Å². The Labute approximate surface area is 108 Å². The molecule has 3 rings (SSSR count). The summed E-state index contributed by atoms with van der Waals surface area (Å²) in [5, 5.41) is 4.04. The van der Waals surface area contributed by atoms with E-state index >= 15 is 0 Å². The zero-order valence-corrected chi connectivity index (χ0v) is 11.3. The van der Waals surface area contributed by atoms with Gasteiger partial charge >= 0.3 is 0 Å². The molecule has 0 radical (unpaired) electrons. The van der Waals surface area contributed by atoms with Crippen LogP contribution in [0.4, 0.5) is 0 Å². The van der Waals surface area contributed by atoms with Gasteiger partial charge in [-0.25, -0.2) is 0 Å². The first-order valence-corrected chi connectivity index (χ1v) is 6.91. The standard InChI is InChI=1S/C14H22N2O2/c1-14(2)7-11(4-6-17-14)8-16-5-3-13-12(9-16)10-18-15-13/h10-11H,3-9H2,1-2H3. The lowest BCUT2D eigenvalue weighted by atomic mass is 9.87. The molecule has 0 saturated carbocycles. The summed E-state index contributed by atoms with van der Waals surface area (Å²) in [7, 11) is 0. The van der Waals surface area contributed by atoms with Gasteiger partial charge in [-0.3, -0.25) is 4.90 Å². The van der Waals surface area contributed by atoms with Gasteiger partial charge in [0.2, 0.25) is 0 Å². The van der Waals surface area contributed by atoms with Gasteiger partial charge in [-0.1, -0.05) is 5.16 Å². The van der Waals surface area contributed by atoms with Crippen LogP contribution in [-0.2, 0) is 17.7 Å². The summed E-state index contributed by atoms with van der Waals surface area (Å²) in [4.78, 5) is 2.53. The molecule has 1 aromatic heterocycles. The quantitative estimate of drug-likeness (QED) is 0.807. The zero-order valence-electron chi connectivity index (χ0n) is 11.3. The lowest BCUT2D eigenvalue weighted by Gasteiger charge is -2.38. The molecule has 1 unspecified atom stereocenters. The molecule has 0 bridgehead atoms. The van der Waals surface area contributed by atoms with Crippen molar-refractivity contribution >= 4 is 0 Å². The molecule has 4 nitrogen and oxygen atoms in total. The molecule has 3 heterocycles. The Morgan fingerprint density at radius 2 is 2.39 bits per heavy atom. The fourth-order valence-electron chi connectivity index (χ4n) is 3.23. The van der Waals surface area contributed by atoms with E-state index < -0.39 is 0 Å². The van der Waals surface area contributed by atoms with Crippen LogP contribution in [0.2, 0.25) is 0 Å². The van der Waals surface area contributed by atoms with Crippen LogP contribution in [0.3, 0.4) is 0 Å². The Kier molecular flexibility index (Phi) is 3.16. The Balaban J connectivity index is 1.58. The van der Waals surface area contributed by atoms with Crippen LogP contribution in [0, 0.1) is 5.92 Å². The summed E-state index contributed by atoms with van der Waals surface area (Å²) < 4.78 is 10.8. The first-order chi connectivity index (χ1) is 8.62. The highest BCUT2D eigenvalue weighted by atomic mass is 16.5. The fourth-order valence-corrected chi connectivity index (χ4v) is 3.23. The zero-order chi connectivity index (χ0) is 12.6. The predicted molar refractivity (Wildman–Crippen MR) is 68.2 cm³/mol. The minimum Gasteiger partial charge on any atom is -0.376 e. The van der Waals surface area contributed by atoms with E-state index in [9.17, 15) is 0 Å². The third-order valence-corrected chi connectivity index (χ3v) is 4.10. The predicted octanol–water partition coefficient (Wildman–Crippen LogP) is 2.24. The molecule has 4 heteroatoms. The molecule has 1 aromatic rings. The second-order valence-corrected chi connectivity index (χ2v) is 6.24. The van der Waals surface area contributed by atoms with Gasteiger partial charge in [0.05, 0.1) is 11.3 Å². The van der Waals surface area contributed by atoms with E-state index in [2.05, 4.69) is 23.9 Å². The van der Waals surface area contributed by atoms with E-state index in [1.54, 1.807) is 6.26 Å². The van der Waals surface area contributed by atoms with Gasteiger partial charge in [-0.15, -0.1) is 0 Å². The highest BCUT2D eigenvalue weighted by Gasteiger charge is 2.30. The van der Waals surface area contributed by atoms with Crippen LogP contribution in [0.15, 0.2) is 10.8 Å². The maximum atomic E-state index is 5.79. The number of fused-ring (bicyclic) bond motifs is 1. The maximum Gasteiger partial charge on any atom is 0.128 e. The molecule has 100 valence electrons. The molecule has 0 amide bonds. The number of hydrogen-bond donors (Lipinski definition) is 0. The van der Waals surface area contributed by atoms with Crippen LogP contribution in [0.5, 0.6) is 0 Å². The molecule has 0 N–H and O–H groups in total. The summed E-state index contributed by atoms with van der Waals surface area (Å²) >= 11 is 0. The van der Waals surface area contributed by atoms with Crippen LogP contribution in [0.1, 0.15) is 37.9 Å². The van der Waals surface area contributed by atoms with E-state index in [0.717, 1.165) is 37.7 Å². The number of rotatable bonds is 2. The van der Waals surface area contributed by atoms with Gasteiger partial charge in [-0.2, -0.15) is 0 Å². The monoisotopic (exact) mass is 250 g/mol.